The van der Waals surface area contributed by atoms with Crippen molar-refractivity contribution in [3.8, 4) is 0 Å². The summed E-state index contributed by atoms with van der Waals surface area (Å²) >= 11 is 6.01. The molecule has 0 unspecified atom stereocenters. The number of carbonyl (C=O) groups is 1. The Hall–Kier alpha value is -3.23. The SMILES string of the molecule is O=C(CCc1nc2ccc(Cl)cc2[nH]1)NCC1(O)CCN(c2ccnc3ccncc23)CC1. The normalized spacial score (nSPS) is 15.8. The van der Waals surface area contributed by atoms with Gasteiger partial charge < -0.3 is 20.3 Å². The lowest BCUT2D eigenvalue weighted by molar-refractivity contribution is -0.122. The topological polar surface area (TPSA) is 107 Å². The third-order valence-corrected chi connectivity index (χ3v) is 6.49. The Kier molecular flexibility index (Phi) is 5.86. The number of aryl methyl sites for hydroxylation is 1. The van der Waals surface area contributed by atoms with Gasteiger partial charge in [-0.3, -0.25) is 14.8 Å². The summed E-state index contributed by atoms with van der Waals surface area (Å²) in [5.41, 5.74) is 2.75. The highest BCUT2D eigenvalue weighted by Gasteiger charge is 2.33. The van der Waals surface area contributed by atoms with E-state index in [0.29, 0.717) is 43.8 Å². The highest BCUT2D eigenvalue weighted by molar-refractivity contribution is 6.31. The van der Waals surface area contributed by atoms with Crippen LogP contribution in [-0.2, 0) is 11.2 Å². The monoisotopic (exact) mass is 464 g/mol. The van der Waals surface area contributed by atoms with E-state index in [2.05, 4.69) is 30.2 Å². The van der Waals surface area contributed by atoms with Crippen molar-refractivity contribution in [3.63, 3.8) is 0 Å². The van der Waals surface area contributed by atoms with Gasteiger partial charge in [0, 0.05) is 67.2 Å². The molecule has 1 aliphatic heterocycles. The van der Waals surface area contributed by atoms with Gasteiger partial charge in [0.15, 0.2) is 0 Å². The number of hydrogen-bond donors (Lipinski definition) is 3. The average molecular weight is 465 g/mol. The lowest BCUT2D eigenvalue weighted by Gasteiger charge is -2.39. The summed E-state index contributed by atoms with van der Waals surface area (Å²) in [6.45, 7) is 1.64. The molecule has 1 fully saturated rings. The number of anilines is 1. The van der Waals surface area contributed by atoms with Crippen LogP contribution in [0, 0.1) is 0 Å². The summed E-state index contributed by atoms with van der Waals surface area (Å²) in [5, 5.41) is 15.6. The fraction of sp³-hybridized carbons (Fsp3) is 0.333. The second-order valence-electron chi connectivity index (χ2n) is 8.56. The van der Waals surface area contributed by atoms with Gasteiger partial charge in [0.25, 0.3) is 0 Å². The molecule has 1 amide bonds. The average Bonchev–Trinajstić information content (AvgIpc) is 3.24. The second-order valence-corrected chi connectivity index (χ2v) is 8.99. The van der Waals surface area contributed by atoms with Crippen LogP contribution in [0.5, 0.6) is 0 Å². The standard InChI is InChI=1S/C24H25ClN6O2/c25-16-1-2-19-20(13-16)30-22(29-19)3-4-23(32)28-15-24(33)7-11-31(12-8-24)21-6-10-27-18-5-9-26-14-17(18)21/h1-2,5-6,9-10,13-14,33H,3-4,7-8,11-12,15H2,(H,28,32)(H,29,30). The van der Waals surface area contributed by atoms with Crippen LogP contribution in [0.4, 0.5) is 5.69 Å². The first-order chi connectivity index (χ1) is 16.0. The smallest absolute Gasteiger partial charge is 0.220 e. The van der Waals surface area contributed by atoms with E-state index in [4.69, 9.17) is 11.6 Å². The summed E-state index contributed by atoms with van der Waals surface area (Å²) in [4.78, 5) is 30.9. The molecule has 170 valence electrons. The number of aromatic nitrogens is 4. The van der Waals surface area contributed by atoms with Crippen molar-refractivity contribution in [2.24, 2.45) is 0 Å². The zero-order valence-corrected chi connectivity index (χ0v) is 18.8. The van der Waals surface area contributed by atoms with Crippen LogP contribution in [0.1, 0.15) is 25.1 Å². The quantitative estimate of drug-likeness (QED) is 0.404. The fourth-order valence-corrected chi connectivity index (χ4v) is 4.50. The number of pyridine rings is 2. The van der Waals surface area contributed by atoms with E-state index in [9.17, 15) is 9.90 Å². The number of rotatable bonds is 6. The third kappa shape index (κ3) is 4.77. The number of amides is 1. The molecule has 9 heteroatoms. The first-order valence-electron chi connectivity index (χ1n) is 11.1. The van der Waals surface area contributed by atoms with Gasteiger partial charge in [-0.15, -0.1) is 0 Å². The van der Waals surface area contributed by atoms with E-state index < -0.39 is 5.60 Å². The highest BCUT2D eigenvalue weighted by Crippen LogP contribution is 2.30. The number of H-pyrrole nitrogens is 1. The fourth-order valence-electron chi connectivity index (χ4n) is 4.33. The van der Waals surface area contributed by atoms with Crippen molar-refractivity contribution in [2.45, 2.75) is 31.3 Å². The number of fused-ring (bicyclic) bond motifs is 2. The molecule has 0 radical (unpaired) electrons. The number of nitrogens with one attached hydrogen (secondary N) is 2. The minimum absolute atomic E-state index is 0.101. The molecule has 1 aromatic carbocycles. The van der Waals surface area contributed by atoms with Gasteiger partial charge in [-0.2, -0.15) is 0 Å². The van der Waals surface area contributed by atoms with Crippen molar-refractivity contribution in [3.05, 3.63) is 59.8 Å². The molecule has 0 bridgehead atoms. The maximum Gasteiger partial charge on any atom is 0.220 e. The number of aromatic amines is 1. The number of imidazole rings is 1. The predicted molar refractivity (Wildman–Crippen MR) is 128 cm³/mol. The van der Waals surface area contributed by atoms with Gasteiger partial charge in [0.2, 0.25) is 5.91 Å². The molecule has 1 aliphatic rings. The van der Waals surface area contributed by atoms with Crippen LogP contribution in [0.25, 0.3) is 21.9 Å². The Bertz CT molecular complexity index is 1290. The molecule has 8 nitrogen and oxygen atoms in total. The second kappa shape index (κ2) is 8.96. The van der Waals surface area contributed by atoms with E-state index >= 15 is 0 Å². The number of nitrogens with zero attached hydrogens (tertiary/aromatic N) is 4. The lowest BCUT2D eigenvalue weighted by Crippen LogP contribution is -2.51. The number of piperidine rings is 1. The van der Waals surface area contributed by atoms with Gasteiger partial charge in [-0.05, 0) is 43.2 Å². The lowest BCUT2D eigenvalue weighted by atomic mass is 9.91. The minimum atomic E-state index is -0.913. The molecule has 1 saturated heterocycles. The van der Waals surface area contributed by atoms with Crippen LogP contribution < -0.4 is 10.2 Å². The van der Waals surface area contributed by atoms with Crippen molar-refractivity contribution in [1.29, 1.82) is 0 Å². The van der Waals surface area contributed by atoms with Crippen molar-refractivity contribution in [1.82, 2.24) is 25.3 Å². The van der Waals surface area contributed by atoms with E-state index in [1.54, 1.807) is 18.5 Å². The van der Waals surface area contributed by atoms with Crippen LogP contribution >= 0.6 is 11.6 Å². The largest absolute Gasteiger partial charge is 0.388 e. The molecule has 3 aromatic heterocycles. The first-order valence-corrected chi connectivity index (χ1v) is 11.4. The number of hydrogen-bond acceptors (Lipinski definition) is 6. The molecule has 3 N–H and O–H groups in total. The molecule has 0 spiro atoms. The summed E-state index contributed by atoms with van der Waals surface area (Å²) in [6.07, 6.45) is 7.30. The molecule has 5 rings (SSSR count). The van der Waals surface area contributed by atoms with Gasteiger partial charge in [-0.1, -0.05) is 11.6 Å². The van der Waals surface area contributed by atoms with Crippen LogP contribution in [-0.4, -0.2) is 56.2 Å². The molecule has 33 heavy (non-hydrogen) atoms. The molecule has 4 aromatic rings. The van der Waals surface area contributed by atoms with Crippen LogP contribution in [0.15, 0.2) is 48.9 Å². The summed E-state index contributed by atoms with van der Waals surface area (Å²) in [5.74, 6) is 0.643. The Morgan fingerprint density at radius 2 is 2.03 bits per heavy atom. The Balaban J connectivity index is 1.13. The Labute approximate surface area is 196 Å². The molecule has 0 atom stereocenters. The Morgan fingerprint density at radius 1 is 1.18 bits per heavy atom. The number of halogens is 1. The number of aliphatic hydroxyl groups is 1. The third-order valence-electron chi connectivity index (χ3n) is 6.25. The van der Waals surface area contributed by atoms with Gasteiger partial charge >= 0.3 is 0 Å². The molecule has 0 saturated carbocycles. The van der Waals surface area contributed by atoms with E-state index in [-0.39, 0.29) is 12.5 Å². The first kappa shape index (κ1) is 21.6. The van der Waals surface area contributed by atoms with E-state index in [0.717, 1.165) is 33.4 Å². The zero-order chi connectivity index (χ0) is 22.8. The van der Waals surface area contributed by atoms with E-state index in [1.165, 1.54) is 0 Å². The van der Waals surface area contributed by atoms with E-state index in [1.807, 2.05) is 30.5 Å². The minimum Gasteiger partial charge on any atom is -0.388 e. The highest BCUT2D eigenvalue weighted by atomic mass is 35.5. The van der Waals surface area contributed by atoms with Gasteiger partial charge in [0.1, 0.15) is 5.82 Å². The van der Waals surface area contributed by atoms with Crippen molar-refractivity contribution < 1.29 is 9.90 Å². The van der Waals surface area contributed by atoms with Gasteiger partial charge in [0.05, 0.1) is 22.2 Å². The summed E-state index contributed by atoms with van der Waals surface area (Å²) in [6, 6.07) is 9.35. The predicted octanol–water partition coefficient (Wildman–Crippen LogP) is 3.24. The van der Waals surface area contributed by atoms with Crippen molar-refractivity contribution in [2.75, 3.05) is 24.5 Å². The molecular weight excluding hydrogens is 440 g/mol. The van der Waals surface area contributed by atoms with Crippen LogP contribution in [0.3, 0.4) is 0 Å². The van der Waals surface area contributed by atoms with Gasteiger partial charge in [-0.25, -0.2) is 4.98 Å². The molecule has 4 heterocycles. The maximum atomic E-state index is 12.4. The number of benzene rings is 1. The zero-order valence-electron chi connectivity index (χ0n) is 18.1. The van der Waals surface area contributed by atoms with Crippen LogP contribution in [0.2, 0.25) is 5.02 Å². The molecular formula is C24H25ClN6O2. The summed E-state index contributed by atoms with van der Waals surface area (Å²) in [7, 11) is 0. The molecule has 0 aliphatic carbocycles. The number of carbonyl (C=O) groups excluding carboxylic acids is 1. The Morgan fingerprint density at radius 3 is 2.88 bits per heavy atom. The van der Waals surface area contributed by atoms with Crippen molar-refractivity contribution >= 4 is 45.1 Å². The summed E-state index contributed by atoms with van der Waals surface area (Å²) < 4.78 is 0. The maximum absolute atomic E-state index is 12.4.